The Hall–Kier alpha value is -4.04. The minimum Gasteiger partial charge on any atom is -0.399 e. The lowest BCUT2D eigenvalue weighted by atomic mass is 9.90. The third-order valence-electron chi connectivity index (χ3n) is 5.55. The molecule has 0 fully saturated rings. The van der Waals surface area contributed by atoms with Gasteiger partial charge in [0, 0.05) is 11.4 Å². The smallest absolute Gasteiger partial charge is 0.0353 e. The van der Waals surface area contributed by atoms with Gasteiger partial charge >= 0.3 is 0 Å². The molecule has 0 aliphatic carbocycles. The maximum absolute atomic E-state index is 6.48. The first-order valence-corrected chi connectivity index (χ1v) is 10.9. The largest absolute Gasteiger partial charge is 0.399 e. The number of hydrogen-bond acceptors (Lipinski definition) is 2. The fourth-order valence-corrected chi connectivity index (χ4v) is 3.87. The van der Waals surface area contributed by atoms with Crippen LogP contribution in [0.2, 0.25) is 0 Å². The molecular weight excluding hydrogens is 388 g/mol. The molecule has 4 rings (SSSR count). The number of rotatable bonds is 7. The Morgan fingerprint density at radius 1 is 0.531 bits per heavy atom. The number of allylic oxidation sites excluding steroid dienone is 2. The normalized spacial score (nSPS) is 11.4. The fraction of sp³-hybridized carbons (Fsp3) is 0.0667. The Morgan fingerprint density at radius 3 is 1.62 bits per heavy atom. The molecule has 0 radical (unpaired) electrons. The van der Waals surface area contributed by atoms with E-state index < -0.39 is 0 Å². The van der Waals surface area contributed by atoms with Crippen LogP contribution >= 0.6 is 0 Å². The summed E-state index contributed by atoms with van der Waals surface area (Å²) in [5.41, 5.74) is 21.1. The summed E-state index contributed by atoms with van der Waals surface area (Å²) in [4.78, 5) is 0. The molecule has 0 aliphatic heterocycles. The van der Waals surface area contributed by atoms with Gasteiger partial charge in [-0.25, -0.2) is 0 Å². The Bertz CT molecular complexity index is 1210. The molecule has 0 aliphatic rings. The number of nitrogens with two attached hydrogens (primary N) is 2. The van der Waals surface area contributed by atoms with Crippen LogP contribution in [0.4, 0.5) is 11.4 Å². The quantitative estimate of drug-likeness (QED) is 0.318. The molecular formula is C30H28N2. The van der Waals surface area contributed by atoms with E-state index in [9.17, 15) is 0 Å². The van der Waals surface area contributed by atoms with E-state index in [-0.39, 0.29) is 0 Å². The van der Waals surface area contributed by atoms with Crippen molar-refractivity contribution in [2.75, 3.05) is 11.5 Å². The summed E-state index contributed by atoms with van der Waals surface area (Å²) >= 11 is 0. The Labute approximate surface area is 190 Å². The van der Waals surface area contributed by atoms with Gasteiger partial charge in [0.25, 0.3) is 0 Å². The van der Waals surface area contributed by atoms with Gasteiger partial charge in [-0.3, -0.25) is 0 Å². The topological polar surface area (TPSA) is 52.0 Å². The molecule has 4 aromatic carbocycles. The van der Waals surface area contributed by atoms with E-state index in [0.29, 0.717) is 0 Å². The average Bonchev–Trinajstić information content (AvgIpc) is 2.83. The van der Waals surface area contributed by atoms with Gasteiger partial charge in [0.05, 0.1) is 0 Å². The van der Waals surface area contributed by atoms with Crippen LogP contribution in [0.1, 0.15) is 22.3 Å². The zero-order valence-electron chi connectivity index (χ0n) is 18.1. The lowest BCUT2D eigenvalue weighted by molar-refractivity contribution is 1.16. The second kappa shape index (κ2) is 10.3. The average molecular weight is 417 g/mol. The zero-order chi connectivity index (χ0) is 22.2. The third kappa shape index (κ3) is 5.35. The van der Waals surface area contributed by atoms with Gasteiger partial charge in [0.2, 0.25) is 0 Å². The van der Waals surface area contributed by atoms with Crippen LogP contribution in [0.5, 0.6) is 0 Å². The van der Waals surface area contributed by atoms with Crippen molar-refractivity contribution in [2.24, 2.45) is 0 Å². The first-order valence-electron chi connectivity index (χ1n) is 10.9. The van der Waals surface area contributed by atoms with Gasteiger partial charge in [0.15, 0.2) is 0 Å². The third-order valence-corrected chi connectivity index (χ3v) is 5.55. The van der Waals surface area contributed by atoms with E-state index in [1.54, 1.807) is 0 Å². The van der Waals surface area contributed by atoms with Crippen LogP contribution < -0.4 is 11.5 Å². The highest BCUT2D eigenvalue weighted by Crippen LogP contribution is 2.32. The van der Waals surface area contributed by atoms with E-state index in [2.05, 4.69) is 91.0 Å². The fourth-order valence-electron chi connectivity index (χ4n) is 3.87. The summed E-state index contributed by atoms with van der Waals surface area (Å²) in [5, 5.41) is 0. The number of nitrogen functional groups attached to an aromatic ring is 2. The Morgan fingerprint density at radius 2 is 1.06 bits per heavy atom. The number of hydrogen-bond donors (Lipinski definition) is 2. The van der Waals surface area contributed by atoms with Crippen LogP contribution in [0.25, 0.3) is 23.3 Å². The van der Waals surface area contributed by atoms with Crippen molar-refractivity contribution in [3.05, 3.63) is 131 Å². The lowest BCUT2D eigenvalue weighted by Gasteiger charge is -2.16. The minimum atomic E-state index is 0.765. The molecule has 0 bridgehead atoms. The summed E-state index contributed by atoms with van der Waals surface area (Å²) in [6, 6.07) is 32.9. The standard InChI is InChI=1S/C30H28N2/c31-26-19-17-25(18-20-26)27-21-22-30(32)29(16-8-14-24-11-5-2-6-12-24)28(27)15-7-13-23-9-3-1-4-10-23/h1-14,17-22H,15-16,31-32H2. The van der Waals surface area contributed by atoms with Gasteiger partial charge in [-0.1, -0.05) is 103 Å². The first-order chi connectivity index (χ1) is 15.7. The van der Waals surface area contributed by atoms with E-state index in [1.807, 2.05) is 30.3 Å². The van der Waals surface area contributed by atoms with Crippen LogP contribution in [-0.4, -0.2) is 0 Å². The molecule has 0 heterocycles. The van der Waals surface area contributed by atoms with Gasteiger partial charge in [-0.15, -0.1) is 0 Å². The van der Waals surface area contributed by atoms with Crippen molar-refractivity contribution in [3.63, 3.8) is 0 Å². The van der Waals surface area contributed by atoms with Gasteiger partial charge in [-0.2, -0.15) is 0 Å². The van der Waals surface area contributed by atoms with Crippen LogP contribution in [-0.2, 0) is 12.8 Å². The lowest BCUT2D eigenvalue weighted by Crippen LogP contribution is -2.02. The highest BCUT2D eigenvalue weighted by Gasteiger charge is 2.12. The molecule has 0 amide bonds. The molecule has 0 saturated carbocycles. The summed E-state index contributed by atoms with van der Waals surface area (Å²) in [6.07, 6.45) is 10.3. The maximum atomic E-state index is 6.48. The van der Waals surface area contributed by atoms with E-state index >= 15 is 0 Å². The van der Waals surface area contributed by atoms with Crippen LogP contribution in [0.3, 0.4) is 0 Å². The highest BCUT2D eigenvalue weighted by atomic mass is 14.6. The highest BCUT2D eigenvalue weighted by molar-refractivity contribution is 5.74. The molecule has 32 heavy (non-hydrogen) atoms. The summed E-state index contributed by atoms with van der Waals surface area (Å²) in [7, 11) is 0. The Balaban J connectivity index is 1.69. The second-order valence-electron chi connectivity index (χ2n) is 7.82. The summed E-state index contributed by atoms with van der Waals surface area (Å²) in [5.74, 6) is 0. The van der Waals surface area contributed by atoms with Crippen molar-refractivity contribution in [1.82, 2.24) is 0 Å². The molecule has 0 spiro atoms. The Kier molecular flexibility index (Phi) is 6.84. The van der Waals surface area contributed by atoms with Crippen molar-refractivity contribution < 1.29 is 0 Å². The first kappa shape index (κ1) is 21.2. The van der Waals surface area contributed by atoms with Crippen molar-refractivity contribution >= 4 is 23.5 Å². The van der Waals surface area contributed by atoms with E-state index in [4.69, 9.17) is 11.5 Å². The minimum absolute atomic E-state index is 0.765. The molecule has 0 unspecified atom stereocenters. The van der Waals surface area contributed by atoms with Gasteiger partial charge < -0.3 is 11.5 Å². The molecule has 4 N–H and O–H groups in total. The number of benzene rings is 4. The molecule has 2 heteroatoms. The maximum Gasteiger partial charge on any atom is 0.0353 e. The molecule has 0 saturated heterocycles. The van der Waals surface area contributed by atoms with Crippen molar-refractivity contribution in [3.8, 4) is 11.1 Å². The molecule has 2 nitrogen and oxygen atoms in total. The van der Waals surface area contributed by atoms with Gasteiger partial charge in [0.1, 0.15) is 0 Å². The predicted octanol–water partition coefficient (Wildman–Crippen LogP) is 7.03. The predicted molar refractivity (Wildman–Crippen MR) is 139 cm³/mol. The van der Waals surface area contributed by atoms with Gasteiger partial charge in [-0.05, 0) is 64.4 Å². The van der Waals surface area contributed by atoms with Crippen molar-refractivity contribution in [2.45, 2.75) is 12.8 Å². The summed E-state index contributed by atoms with van der Waals surface area (Å²) in [6.45, 7) is 0. The SMILES string of the molecule is Nc1ccc(-c2ccc(N)c(CC=Cc3ccccc3)c2CC=Cc2ccccc2)cc1. The molecule has 158 valence electrons. The number of anilines is 2. The van der Waals surface area contributed by atoms with Crippen molar-refractivity contribution in [1.29, 1.82) is 0 Å². The molecule has 0 atom stereocenters. The zero-order valence-corrected chi connectivity index (χ0v) is 18.1. The van der Waals surface area contributed by atoms with Crippen LogP contribution in [0, 0.1) is 0 Å². The monoisotopic (exact) mass is 416 g/mol. The second-order valence-corrected chi connectivity index (χ2v) is 7.82. The van der Waals surface area contributed by atoms with Crippen LogP contribution in [0.15, 0.2) is 109 Å². The van der Waals surface area contributed by atoms with E-state index in [0.717, 1.165) is 29.8 Å². The van der Waals surface area contributed by atoms with E-state index in [1.165, 1.54) is 27.8 Å². The molecule has 0 aromatic heterocycles. The summed E-state index contributed by atoms with van der Waals surface area (Å²) < 4.78 is 0. The molecule has 4 aromatic rings.